The van der Waals surface area contributed by atoms with Crippen molar-refractivity contribution in [2.24, 2.45) is 72.3 Å². The van der Waals surface area contributed by atoms with Crippen LogP contribution in [0, 0.1) is 0 Å². The second-order valence-electron chi connectivity index (χ2n) is 24.4. The van der Waals surface area contributed by atoms with E-state index in [-0.39, 0.29) is 165 Å². The van der Waals surface area contributed by atoms with Crippen LogP contribution in [0.4, 0.5) is 0 Å². The van der Waals surface area contributed by atoms with Crippen LogP contribution in [0.1, 0.15) is 108 Å². The highest BCUT2D eigenvalue weighted by Crippen LogP contribution is 2.21. The van der Waals surface area contributed by atoms with Crippen LogP contribution < -0.4 is 116 Å². The molecule has 2 rings (SSSR count). The number of thiol groups is 2. The summed E-state index contributed by atoms with van der Waals surface area (Å²) >= 11 is 8.17. The third-order valence-corrected chi connectivity index (χ3v) is 16.7. The highest BCUT2D eigenvalue weighted by Gasteiger charge is 2.40. The number of amides is 13. The number of primary amides is 1. The third kappa shape index (κ3) is 36.4. The molecular weight excluding hydrogens is 1410 g/mol. The summed E-state index contributed by atoms with van der Waals surface area (Å²) in [5, 5.41) is 47.4. The van der Waals surface area contributed by atoms with Crippen LogP contribution in [0.2, 0.25) is 0 Å². The quantitative estimate of drug-likeness (QED) is 0.0125. The lowest BCUT2D eigenvalue weighted by molar-refractivity contribution is -0.143. The average molecular weight is 1520 g/mol. The number of aliphatic hydroxyl groups excluding tert-OH is 1. The first-order valence-corrected chi connectivity index (χ1v) is 35.4. The Kier molecular flexibility index (Phi) is 43.9. The van der Waals surface area contributed by atoms with E-state index in [4.69, 9.17) is 57.3 Å². The van der Waals surface area contributed by atoms with Gasteiger partial charge < -0.3 is 131 Å². The fourth-order valence-corrected chi connectivity index (χ4v) is 10.9. The summed E-state index contributed by atoms with van der Waals surface area (Å²) in [5.74, 6) is -14.0. The van der Waals surface area contributed by atoms with Crippen molar-refractivity contribution in [1.29, 1.82) is 0 Å². The number of benzene rings is 1. The van der Waals surface area contributed by atoms with Crippen LogP contribution in [0.25, 0.3) is 0 Å². The van der Waals surface area contributed by atoms with Gasteiger partial charge in [0.15, 0.2) is 17.9 Å². The number of carboxylic acids is 1. The molecule has 105 heavy (non-hydrogen) atoms. The van der Waals surface area contributed by atoms with E-state index in [1.54, 1.807) is 30.3 Å². The molecule has 13 amide bonds. The number of unbranched alkanes of at least 4 members (excludes halogenated alkanes) is 2. The zero-order valence-electron chi connectivity index (χ0n) is 58.6. The minimum atomic E-state index is -1.72. The molecule has 1 heterocycles. The second-order valence-corrected chi connectivity index (χ2v) is 25.1. The predicted molar refractivity (Wildman–Crippen MR) is 393 cm³/mol. The Morgan fingerprint density at radius 1 is 0.476 bits per heavy atom. The van der Waals surface area contributed by atoms with Crippen molar-refractivity contribution < 1.29 is 77.3 Å². The number of carbonyl (C=O) groups is 14. The van der Waals surface area contributed by atoms with Crippen molar-refractivity contribution in [3.63, 3.8) is 0 Å². The van der Waals surface area contributed by atoms with Crippen molar-refractivity contribution in [3.05, 3.63) is 35.9 Å². The van der Waals surface area contributed by atoms with E-state index in [1.165, 1.54) is 4.90 Å². The van der Waals surface area contributed by atoms with E-state index in [1.807, 2.05) is 0 Å². The van der Waals surface area contributed by atoms with E-state index < -0.39 is 169 Å². The van der Waals surface area contributed by atoms with Gasteiger partial charge in [-0.25, -0.2) is 4.79 Å². The van der Waals surface area contributed by atoms with Crippen molar-refractivity contribution in [3.8, 4) is 0 Å². The molecule has 41 nitrogen and oxygen atoms in total. The summed E-state index contributed by atoms with van der Waals surface area (Å²) in [4.78, 5) is 202. The van der Waals surface area contributed by atoms with Gasteiger partial charge >= 0.3 is 5.97 Å². The number of aliphatic carboxylic acids is 1. The first-order chi connectivity index (χ1) is 49.9. The number of carboxylic acid groups (broad SMARTS) is 1. The molecule has 0 saturated carbocycles. The average Bonchev–Trinajstić information content (AvgIpc) is 1.69. The largest absolute Gasteiger partial charge is 0.480 e. The molecule has 0 aliphatic carbocycles. The number of nitrogens with two attached hydrogens (primary N) is 10. The van der Waals surface area contributed by atoms with Gasteiger partial charge in [-0.15, -0.1) is 0 Å². The van der Waals surface area contributed by atoms with Crippen LogP contribution in [0.15, 0.2) is 45.3 Å². The molecule has 0 unspecified atom stereocenters. The van der Waals surface area contributed by atoms with Gasteiger partial charge in [0, 0.05) is 50.5 Å². The third-order valence-electron chi connectivity index (χ3n) is 16.0. The zero-order valence-corrected chi connectivity index (χ0v) is 60.4. The Labute approximate surface area is 618 Å². The van der Waals surface area contributed by atoms with Crippen molar-refractivity contribution in [1.82, 2.24) is 63.4 Å². The standard InChI is InChI=1S/C62H107N25O16S2/c63-22-6-4-14-36(81-55(98)42(31-88)84-57(100)45-19-11-27-87(45)58(101)40(18-10-26-75-62(71)72)83-56(99)43(32-104)85-49(92)35(65)20-21-46(66)89)50(93)76-29-47(90)78-38(17-9-25-74-61(69)70)52(95)82-39(15-5-7-23-64)53(96)80-37(16-8-24-73-60(67)68)51(94)77-30-48(91)79-41(28-34-12-2-1-3-13-34)54(97)86-44(33-105)59(102)103/h1-3,12-13,35-45,88,104-105H,4-11,14-33,63-65H2,(H2,66,89)(H,76,93)(H,77,94)(H,78,90)(H,79,91)(H,80,96)(H,81,98)(H,82,95)(H,83,99)(H,84,100)(H,85,92)(H,86,97)(H,102,103)(H4,67,68,73)(H4,69,70,74)(H4,71,72,75)/t35-,36-,37-,38-,39-,40-,41-,42-,43-,44-,45-/m0/s1. The first kappa shape index (κ1) is 91.2. The maximum absolute atomic E-state index is 14.3. The fraction of sp³-hybridized carbons (Fsp3) is 0.629. The fourth-order valence-electron chi connectivity index (χ4n) is 10.4. The van der Waals surface area contributed by atoms with Gasteiger partial charge in [-0.2, -0.15) is 25.3 Å². The maximum atomic E-state index is 14.3. The number of hydrogen-bond donors (Lipinski definition) is 25. The van der Waals surface area contributed by atoms with E-state index in [2.05, 4.69) is 98.7 Å². The SMILES string of the molecule is NCCCC[C@H](NC(=O)[C@H](CO)NC(=O)[C@@H]1CCCN1C(=O)[C@H](CCCN=C(N)N)NC(=O)[C@H](CS)NC(=O)[C@@H](N)CCC(N)=O)C(=O)NCC(=O)N[C@@H](CCCN=C(N)N)C(=O)N[C@@H](CCCCN)C(=O)N[C@@H](CCCN=C(N)N)C(=O)NCC(=O)N[C@@H](Cc1ccccc1)C(=O)N[C@@H](CS)C(=O)O. The van der Waals surface area contributed by atoms with Crippen LogP contribution in [-0.2, 0) is 73.5 Å². The molecule has 1 saturated heterocycles. The summed E-state index contributed by atoms with van der Waals surface area (Å²) in [6, 6.07) is -6.83. The number of carbonyl (C=O) groups excluding carboxylic acids is 13. The zero-order chi connectivity index (χ0) is 78.6. The summed E-state index contributed by atoms with van der Waals surface area (Å²) in [6.07, 6.45) is 0.991. The molecule has 43 heteroatoms. The van der Waals surface area contributed by atoms with E-state index in [0.717, 1.165) is 0 Å². The van der Waals surface area contributed by atoms with Gasteiger partial charge in [-0.1, -0.05) is 30.3 Å². The molecule has 1 aliphatic heterocycles. The summed E-state index contributed by atoms with van der Waals surface area (Å²) in [7, 11) is 0. The summed E-state index contributed by atoms with van der Waals surface area (Å²) in [5.41, 5.74) is 56.2. The van der Waals surface area contributed by atoms with Crippen molar-refractivity contribution >= 4 is 126 Å². The second kappa shape index (κ2) is 50.5. The molecule has 0 radical (unpaired) electrons. The van der Waals surface area contributed by atoms with Crippen molar-refractivity contribution in [2.75, 3.05) is 70.5 Å². The number of guanidine groups is 3. The Morgan fingerprint density at radius 3 is 1.32 bits per heavy atom. The molecular formula is C62H107N25O16S2. The summed E-state index contributed by atoms with van der Waals surface area (Å²) in [6.45, 7) is -2.21. The van der Waals surface area contributed by atoms with Gasteiger partial charge in [0.2, 0.25) is 76.8 Å². The first-order valence-electron chi connectivity index (χ1n) is 34.2. The number of nitrogens with one attached hydrogen (secondary N) is 11. The maximum Gasteiger partial charge on any atom is 0.327 e. The number of rotatable bonds is 52. The number of nitrogens with zero attached hydrogens (tertiary/aromatic N) is 4. The molecule has 0 bridgehead atoms. The Morgan fingerprint density at radius 2 is 0.876 bits per heavy atom. The number of aliphatic imine (C=N–C) groups is 3. The van der Waals surface area contributed by atoms with E-state index in [0.29, 0.717) is 18.4 Å². The van der Waals surface area contributed by atoms with Gasteiger partial charge in [-0.05, 0) is 115 Å². The Bertz CT molecular complexity index is 3130. The van der Waals surface area contributed by atoms with Crippen LogP contribution >= 0.6 is 25.3 Å². The Balaban J connectivity index is 2.36. The van der Waals surface area contributed by atoms with Crippen LogP contribution in [-0.4, -0.2) is 253 Å². The predicted octanol–water partition coefficient (Wildman–Crippen LogP) is -10.2. The molecule has 588 valence electrons. The lowest BCUT2D eigenvalue weighted by Crippen LogP contribution is -2.60. The van der Waals surface area contributed by atoms with Gasteiger partial charge in [0.25, 0.3) is 0 Å². The number of likely N-dealkylation sites (tertiary alicyclic amines) is 1. The monoisotopic (exact) mass is 1520 g/mol. The minimum absolute atomic E-state index is 0.00380. The van der Waals surface area contributed by atoms with Crippen LogP contribution in [0.5, 0.6) is 0 Å². The lowest BCUT2D eigenvalue weighted by atomic mass is 10.0. The molecule has 0 aromatic heterocycles. The normalized spacial score (nSPS) is 15.2. The summed E-state index contributed by atoms with van der Waals surface area (Å²) < 4.78 is 0. The molecule has 1 aliphatic rings. The molecule has 1 aromatic rings. The van der Waals surface area contributed by atoms with Gasteiger partial charge in [-0.3, -0.25) is 77.3 Å². The lowest BCUT2D eigenvalue weighted by Gasteiger charge is -2.30. The molecule has 0 spiro atoms. The minimum Gasteiger partial charge on any atom is -0.480 e. The molecule has 1 aromatic carbocycles. The molecule has 33 N–H and O–H groups in total. The highest BCUT2D eigenvalue weighted by atomic mass is 32.1. The smallest absolute Gasteiger partial charge is 0.327 e. The van der Waals surface area contributed by atoms with Gasteiger partial charge in [0.05, 0.1) is 25.7 Å². The number of hydrogen-bond acceptors (Lipinski definition) is 23. The van der Waals surface area contributed by atoms with E-state index >= 15 is 0 Å². The van der Waals surface area contributed by atoms with E-state index in [9.17, 15) is 77.3 Å². The molecule has 1 fully saturated rings. The Hall–Kier alpha value is -9.85. The van der Waals surface area contributed by atoms with Crippen molar-refractivity contribution in [2.45, 2.75) is 176 Å². The topological polar surface area (TPSA) is 712 Å². The highest BCUT2D eigenvalue weighted by molar-refractivity contribution is 7.80. The van der Waals surface area contributed by atoms with Gasteiger partial charge in [0.1, 0.15) is 60.4 Å². The molecule has 11 atom stereocenters. The van der Waals surface area contributed by atoms with Crippen LogP contribution in [0.3, 0.4) is 0 Å². The number of aliphatic hydroxyl groups is 1.